The smallest absolute Gasteiger partial charge is 0.384 e. The van der Waals surface area contributed by atoms with Crippen LogP contribution in [0.4, 0.5) is 0 Å². The summed E-state index contributed by atoms with van der Waals surface area (Å²) in [6, 6.07) is 0. The maximum Gasteiger partial charge on any atom is 0.384 e. The molecule has 0 aromatic carbocycles. The first-order chi connectivity index (χ1) is 11.3. The summed E-state index contributed by atoms with van der Waals surface area (Å²) in [4.78, 5) is 11.1. The number of hydrogen-bond donors (Lipinski definition) is 0. The van der Waals surface area contributed by atoms with Crippen molar-refractivity contribution >= 4 is 5.97 Å². The molecule has 0 aliphatic heterocycles. The molecule has 3 heteroatoms. The van der Waals surface area contributed by atoms with Gasteiger partial charge < -0.3 is 9.47 Å². The molecule has 132 valence electrons. The van der Waals surface area contributed by atoms with Crippen molar-refractivity contribution in [1.29, 1.82) is 0 Å². The highest BCUT2D eigenvalue weighted by Gasteiger charge is 2.51. The minimum Gasteiger partial charge on any atom is -0.459 e. The molecular formula is C21H30O3. The summed E-state index contributed by atoms with van der Waals surface area (Å²) in [5.74, 6) is 5.20. The van der Waals surface area contributed by atoms with Crippen LogP contribution in [-0.2, 0) is 14.3 Å². The first kappa shape index (κ1) is 18.8. The van der Waals surface area contributed by atoms with Gasteiger partial charge in [-0.1, -0.05) is 45.8 Å². The fraction of sp³-hybridized carbons (Fsp3) is 0.667. The summed E-state index contributed by atoms with van der Waals surface area (Å²) < 4.78 is 10.5. The fourth-order valence-electron chi connectivity index (χ4n) is 4.93. The van der Waals surface area contributed by atoms with Gasteiger partial charge in [0.25, 0.3) is 0 Å². The zero-order valence-electron chi connectivity index (χ0n) is 15.7. The SMILES string of the molecule is C=CC1=C(C)[C@H](OCC#CC(=O)OC)CC2C(C)(C)CCC[C@]12C. The lowest BCUT2D eigenvalue weighted by Crippen LogP contribution is -2.48. The predicted molar refractivity (Wildman–Crippen MR) is 96.3 cm³/mol. The quantitative estimate of drug-likeness (QED) is 0.440. The predicted octanol–water partition coefficient (Wildman–Crippen LogP) is 4.29. The second-order valence-electron chi connectivity index (χ2n) is 7.94. The van der Waals surface area contributed by atoms with E-state index in [4.69, 9.17) is 4.74 Å². The number of fused-ring (bicyclic) bond motifs is 1. The summed E-state index contributed by atoms with van der Waals surface area (Å²) >= 11 is 0. The van der Waals surface area contributed by atoms with Crippen LogP contribution in [0.5, 0.6) is 0 Å². The molecule has 0 N–H and O–H groups in total. The van der Waals surface area contributed by atoms with Crippen LogP contribution < -0.4 is 0 Å². The van der Waals surface area contributed by atoms with Crippen molar-refractivity contribution in [2.45, 2.75) is 59.5 Å². The number of methoxy groups -OCH3 is 1. The maximum atomic E-state index is 11.1. The first-order valence-corrected chi connectivity index (χ1v) is 8.78. The molecule has 1 unspecified atom stereocenters. The average Bonchev–Trinajstić information content (AvgIpc) is 2.52. The van der Waals surface area contributed by atoms with Gasteiger partial charge in [-0.15, -0.1) is 0 Å². The molecule has 0 amide bonds. The molecule has 2 aliphatic carbocycles. The molecular weight excluding hydrogens is 300 g/mol. The van der Waals surface area contributed by atoms with Gasteiger partial charge in [0, 0.05) is 5.92 Å². The summed E-state index contributed by atoms with van der Waals surface area (Å²) in [5, 5.41) is 0. The molecule has 0 spiro atoms. The minimum absolute atomic E-state index is 0.0420. The topological polar surface area (TPSA) is 35.5 Å². The number of carbonyl (C=O) groups excluding carboxylic acids is 1. The molecule has 3 nitrogen and oxygen atoms in total. The molecule has 0 heterocycles. The summed E-state index contributed by atoms with van der Waals surface area (Å²) in [6.07, 6.45) is 6.81. The van der Waals surface area contributed by atoms with Gasteiger partial charge in [0.2, 0.25) is 0 Å². The van der Waals surface area contributed by atoms with Gasteiger partial charge in [0.1, 0.15) is 6.61 Å². The standard InChI is InChI=1S/C21H30O3/c1-7-16-15(2)17(24-13-8-10-19(22)23-6)14-18-20(3,4)11-9-12-21(16,18)5/h7,17-18H,1,9,11-14H2,2-6H3/t17-,18?,21-/m1/s1. The monoisotopic (exact) mass is 330 g/mol. The highest BCUT2D eigenvalue weighted by atomic mass is 16.5. The van der Waals surface area contributed by atoms with E-state index in [1.807, 2.05) is 6.08 Å². The zero-order chi connectivity index (χ0) is 18.0. The van der Waals surface area contributed by atoms with E-state index in [-0.39, 0.29) is 18.1 Å². The zero-order valence-corrected chi connectivity index (χ0v) is 15.7. The Kier molecular flexibility index (Phi) is 5.60. The third kappa shape index (κ3) is 3.44. The van der Waals surface area contributed by atoms with Gasteiger partial charge in [-0.25, -0.2) is 4.79 Å². The van der Waals surface area contributed by atoms with Crippen LogP contribution in [0.25, 0.3) is 0 Å². The molecule has 2 aliphatic rings. The lowest BCUT2D eigenvalue weighted by molar-refractivity contribution is -0.133. The van der Waals surface area contributed by atoms with Crippen molar-refractivity contribution < 1.29 is 14.3 Å². The fourth-order valence-corrected chi connectivity index (χ4v) is 4.93. The second kappa shape index (κ2) is 7.15. The van der Waals surface area contributed by atoms with E-state index in [1.165, 1.54) is 37.5 Å². The largest absolute Gasteiger partial charge is 0.459 e. The van der Waals surface area contributed by atoms with Crippen LogP contribution in [0, 0.1) is 28.6 Å². The Morgan fingerprint density at radius 2 is 2.08 bits per heavy atom. The molecule has 0 saturated heterocycles. The van der Waals surface area contributed by atoms with E-state index < -0.39 is 5.97 Å². The van der Waals surface area contributed by atoms with E-state index in [2.05, 4.69) is 50.9 Å². The molecule has 3 atom stereocenters. The molecule has 2 rings (SSSR count). The number of ether oxygens (including phenoxy) is 2. The maximum absolute atomic E-state index is 11.1. The summed E-state index contributed by atoms with van der Waals surface area (Å²) in [6.45, 7) is 13.6. The Labute approximate surface area is 146 Å². The van der Waals surface area contributed by atoms with Gasteiger partial charge in [-0.05, 0) is 54.1 Å². The van der Waals surface area contributed by atoms with E-state index in [0.29, 0.717) is 11.3 Å². The normalized spacial score (nSPS) is 31.5. The summed E-state index contributed by atoms with van der Waals surface area (Å²) in [7, 11) is 1.33. The third-order valence-electron chi connectivity index (χ3n) is 6.14. The lowest BCUT2D eigenvalue weighted by atomic mass is 9.50. The van der Waals surface area contributed by atoms with Crippen molar-refractivity contribution in [3.63, 3.8) is 0 Å². The molecule has 1 fully saturated rings. The molecule has 0 aromatic heterocycles. The summed E-state index contributed by atoms with van der Waals surface area (Å²) in [5.41, 5.74) is 3.09. The minimum atomic E-state index is -0.526. The van der Waals surface area contributed by atoms with Crippen LogP contribution in [0.2, 0.25) is 0 Å². The highest BCUT2D eigenvalue weighted by Crippen LogP contribution is 2.59. The van der Waals surface area contributed by atoms with E-state index >= 15 is 0 Å². The molecule has 0 bridgehead atoms. The van der Waals surface area contributed by atoms with Crippen LogP contribution in [0.1, 0.15) is 53.4 Å². The van der Waals surface area contributed by atoms with Crippen molar-refractivity contribution in [3.8, 4) is 11.8 Å². The Morgan fingerprint density at radius 1 is 1.38 bits per heavy atom. The second-order valence-corrected chi connectivity index (χ2v) is 7.94. The van der Waals surface area contributed by atoms with Gasteiger partial charge in [-0.3, -0.25) is 0 Å². The molecule has 0 radical (unpaired) electrons. The van der Waals surface area contributed by atoms with Crippen molar-refractivity contribution in [2.24, 2.45) is 16.7 Å². The Morgan fingerprint density at radius 3 is 2.71 bits per heavy atom. The number of allylic oxidation sites excluding steroid dienone is 2. The van der Waals surface area contributed by atoms with E-state index in [1.54, 1.807) is 0 Å². The van der Waals surface area contributed by atoms with Crippen LogP contribution in [-0.4, -0.2) is 25.8 Å². The van der Waals surface area contributed by atoms with Crippen LogP contribution in [0.3, 0.4) is 0 Å². The number of rotatable bonds is 3. The average molecular weight is 330 g/mol. The third-order valence-corrected chi connectivity index (χ3v) is 6.14. The van der Waals surface area contributed by atoms with Crippen molar-refractivity contribution in [2.75, 3.05) is 13.7 Å². The van der Waals surface area contributed by atoms with Crippen LogP contribution >= 0.6 is 0 Å². The van der Waals surface area contributed by atoms with Gasteiger partial charge in [0.05, 0.1) is 13.2 Å². The van der Waals surface area contributed by atoms with Gasteiger partial charge in [-0.2, -0.15) is 0 Å². The van der Waals surface area contributed by atoms with Gasteiger partial charge >= 0.3 is 5.97 Å². The molecule has 24 heavy (non-hydrogen) atoms. The highest BCUT2D eigenvalue weighted by molar-refractivity contribution is 5.88. The molecule has 1 saturated carbocycles. The molecule has 0 aromatic rings. The van der Waals surface area contributed by atoms with Crippen molar-refractivity contribution in [1.82, 2.24) is 0 Å². The van der Waals surface area contributed by atoms with Gasteiger partial charge in [0.15, 0.2) is 0 Å². The van der Waals surface area contributed by atoms with E-state index in [9.17, 15) is 4.79 Å². The lowest BCUT2D eigenvalue weighted by Gasteiger charge is -2.56. The van der Waals surface area contributed by atoms with E-state index in [0.717, 1.165) is 6.42 Å². The Bertz CT molecular complexity index is 602. The number of esters is 1. The van der Waals surface area contributed by atoms with Crippen LogP contribution in [0.15, 0.2) is 23.8 Å². The number of carbonyl (C=O) groups is 1. The number of hydrogen-bond acceptors (Lipinski definition) is 3. The Balaban J connectivity index is 2.24. The first-order valence-electron chi connectivity index (χ1n) is 8.78. The Hall–Kier alpha value is -1.53. The van der Waals surface area contributed by atoms with Crippen molar-refractivity contribution in [3.05, 3.63) is 23.8 Å².